The van der Waals surface area contributed by atoms with Crippen LogP contribution in [-0.4, -0.2) is 66.6 Å². The lowest BCUT2D eigenvalue weighted by Crippen LogP contribution is -2.41. The lowest BCUT2D eigenvalue weighted by Gasteiger charge is -2.24. The number of aliphatic imine (C=N–C) groups is 1. The highest BCUT2D eigenvalue weighted by Crippen LogP contribution is 2.17. The van der Waals surface area contributed by atoms with Gasteiger partial charge >= 0.3 is 0 Å². The number of nitrogens with one attached hydrogen (secondary N) is 1. The molecule has 148 valence electrons. The predicted octanol–water partition coefficient (Wildman–Crippen LogP) is 3.18. The number of pyridine rings is 1. The molecule has 2 heterocycles. The van der Waals surface area contributed by atoms with E-state index in [-0.39, 0.29) is 24.0 Å². The number of halogens is 1. The monoisotopic (exact) mass is 473 g/mol. The summed E-state index contributed by atoms with van der Waals surface area (Å²) in [5.41, 5.74) is 2.32. The highest BCUT2D eigenvalue weighted by atomic mass is 127. The van der Waals surface area contributed by atoms with Crippen molar-refractivity contribution in [1.29, 1.82) is 0 Å². The largest absolute Gasteiger partial charge is 0.357 e. The fourth-order valence-corrected chi connectivity index (χ4v) is 3.38. The third-order valence-electron chi connectivity index (χ3n) is 4.97. The van der Waals surface area contributed by atoms with Gasteiger partial charge in [0.15, 0.2) is 5.96 Å². The van der Waals surface area contributed by atoms with Crippen LogP contribution in [0.3, 0.4) is 0 Å². The Labute approximate surface area is 176 Å². The van der Waals surface area contributed by atoms with Crippen molar-refractivity contribution in [1.82, 2.24) is 20.1 Å². The summed E-state index contributed by atoms with van der Waals surface area (Å²) in [7, 11) is 0. The third kappa shape index (κ3) is 7.39. The smallest absolute Gasteiger partial charge is 0.193 e. The zero-order chi connectivity index (χ0) is 18.1. The predicted molar refractivity (Wildman–Crippen MR) is 122 cm³/mol. The van der Waals surface area contributed by atoms with Gasteiger partial charge in [-0.1, -0.05) is 19.9 Å². The van der Waals surface area contributed by atoms with Gasteiger partial charge in [0.05, 0.1) is 0 Å². The van der Waals surface area contributed by atoms with Crippen LogP contribution in [0.2, 0.25) is 0 Å². The molecule has 0 spiro atoms. The Morgan fingerprint density at radius 1 is 1.31 bits per heavy atom. The van der Waals surface area contributed by atoms with E-state index in [1.54, 1.807) is 0 Å². The fourth-order valence-electron chi connectivity index (χ4n) is 3.38. The molecule has 5 nitrogen and oxygen atoms in total. The highest BCUT2D eigenvalue weighted by Gasteiger charge is 2.25. The number of hydrogen-bond donors (Lipinski definition) is 1. The van der Waals surface area contributed by atoms with Crippen LogP contribution in [0.1, 0.15) is 38.4 Å². The van der Waals surface area contributed by atoms with E-state index in [4.69, 9.17) is 4.99 Å². The third-order valence-corrected chi connectivity index (χ3v) is 4.97. The average Bonchev–Trinajstić information content (AvgIpc) is 3.09. The Kier molecular flexibility index (Phi) is 11.1. The van der Waals surface area contributed by atoms with Gasteiger partial charge in [0.25, 0.3) is 0 Å². The lowest BCUT2D eigenvalue weighted by atomic mass is 10.1. The fraction of sp³-hybridized carbons (Fsp3) is 0.700. The zero-order valence-electron chi connectivity index (χ0n) is 16.9. The van der Waals surface area contributed by atoms with Gasteiger partial charge in [-0.25, -0.2) is 0 Å². The number of guanidine groups is 1. The van der Waals surface area contributed by atoms with E-state index in [2.05, 4.69) is 53.0 Å². The van der Waals surface area contributed by atoms with Crippen LogP contribution in [0, 0.1) is 12.8 Å². The zero-order valence-corrected chi connectivity index (χ0v) is 19.2. The van der Waals surface area contributed by atoms with E-state index in [1.165, 1.54) is 18.5 Å². The van der Waals surface area contributed by atoms with E-state index in [0.29, 0.717) is 0 Å². The number of rotatable bonds is 8. The molecule has 2 rings (SSSR count). The molecule has 1 aliphatic rings. The molecule has 1 saturated heterocycles. The molecule has 0 radical (unpaired) electrons. The second-order valence-electron chi connectivity index (χ2n) is 6.88. The Morgan fingerprint density at radius 3 is 2.69 bits per heavy atom. The highest BCUT2D eigenvalue weighted by molar-refractivity contribution is 14.0. The quantitative estimate of drug-likeness (QED) is 0.358. The molecule has 1 fully saturated rings. The summed E-state index contributed by atoms with van der Waals surface area (Å²) in [5.74, 6) is 1.83. The van der Waals surface area contributed by atoms with Crippen molar-refractivity contribution in [2.75, 3.05) is 45.8 Å². The summed E-state index contributed by atoms with van der Waals surface area (Å²) in [5, 5.41) is 3.47. The molecular formula is C20H36IN5. The first-order valence-electron chi connectivity index (χ1n) is 9.83. The van der Waals surface area contributed by atoms with Crippen LogP contribution in [0.25, 0.3) is 0 Å². The molecule has 0 bridgehead atoms. The van der Waals surface area contributed by atoms with Gasteiger partial charge in [-0.2, -0.15) is 0 Å². The number of nitrogens with zero attached hydrogens (tertiary/aromatic N) is 4. The van der Waals surface area contributed by atoms with Crippen LogP contribution in [0.5, 0.6) is 0 Å². The van der Waals surface area contributed by atoms with Crippen LogP contribution < -0.4 is 5.32 Å². The molecule has 0 aromatic carbocycles. The Hall–Kier alpha value is -0.890. The summed E-state index contributed by atoms with van der Waals surface area (Å²) in [6, 6.07) is 4.23. The van der Waals surface area contributed by atoms with Crippen molar-refractivity contribution in [3.8, 4) is 0 Å². The van der Waals surface area contributed by atoms with E-state index in [0.717, 1.165) is 63.3 Å². The standard InChI is InChI=1S/C20H35N5.HI/c1-5-21-20(22-12-10-18-9-8-17(4)23-14-18)25-13-11-19(16-25)15-24(6-2)7-3;/h8-9,14,19H,5-7,10-13,15-16H2,1-4H3,(H,21,22);1H. The normalized spacial score (nSPS) is 17.5. The first kappa shape index (κ1) is 23.1. The minimum atomic E-state index is 0. The van der Waals surface area contributed by atoms with Gasteiger partial charge in [-0.05, 0) is 57.3 Å². The van der Waals surface area contributed by atoms with E-state index >= 15 is 0 Å². The van der Waals surface area contributed by atoms with Crippen molar-refractivity contribution in [2.45, 2.75) is 40.5 Å². The number of likely N-dealkylation sites (tertiary alicyclic amines) is 1. The number of aromatic nitrogens is 1. The molecule has 0 aliphatic carbocycles. The molecule has 1 aliphatic heterocycles. The maximum Gasteiger partial charge on any atom is 0.193 e. The van der Waals surface area contributed by atoms with Gasteiger partial charge in [0.2, 0.25) is 0 Å². The van der Waals surface area contributed by atoms with Crippen molar-refractivity contribution in [2.24, 2.45) is 10.9 Å². The van der Waals surface area contributed by atoms with Gasteiger partial charge in [-0.3, -0.25) is 9.98 Å². The summed E-state index contributed by atoms with van der Waals surface area (Å²) < 4.78 is 0. The van der Waals surface area contributed by atoms with Crippen LogP contribution in [-0.2, 0) is 6.42 Å². The van der Waals surface area contributed by atoms with Gasteiger partial charge < -0.3 is 15.1 Å². The second-order valence-corrected chi connectivity index (χ2v) is 6.88. The first-order chi connectivity index (χ1) is 12.2. The van der Waals surface area contributed by atoms with Crippen molar-refractivity contribution < 1.29 is 0 Å². The summed E-state index contributed by atoms with van der Waals surface area (Å²) in [4.78, 5) is 14.2. The molecule has 0 amide bonds. The van der Waals surface area contributed by atoms with Crippen molar-refractivity contribution in [3.05, 3.63) is 29.6 Å². The maximum atomic E-state index is 4.86. The van der Waals surface area contributed by atoms with Crippen molar-refractivity contribution in [3.63, 3.8) is 0 Å². The molecule has 1 aromatic rings. The Bertz CT molecular complexity index is 528. The molecule has 1 aromatic heterocycles. The second kappa shape index (κ2) is 12.5. The molecule has 6 heteroatoms. The molecule has 26 heavy (non-hydrogen) atoms. The van der Waals surface area contributed by atoms with Crippen LogP contribution in [0.15, 0.2) is 23.3 Å². The number of aryl methyl sites for hydroxylation is 1. The summed E-state index contributed by atoms with van der Waals surface area (Å²) in [6.45, 7) is 16.1. The van der Waals surface area contributed by atoms with Crippen LogP contribution in [0.4, 0.5) is 0 Å². The minimum Gasteiger partial charge on any atom is -0.357 e. The topological polar surface area (TPSA) is 43.8 Å². The summed E-state index contributed by atoms with van der Waals surface area (Å²) >= 11 is 0. The van der Waals surface area contributed by atoms with E-state index < -0.39 is 0 Å². The molecular weight excluding hydrogens is 437 g/mol. The lowest BCUT2D eigenvalue weighted by molar-refractivity contribution is 0.255. The van der Waals surface area contributed by atoms with Gasteiger partial charge in [0.1, 0.15) is 0 Å². The first-order valence-corrected chi connectivity index (χ1v) is 9.83. The SMILES string of the molecule is CCNC(=NCCc1ccc(C)nc1)N1CCC(CN(CC)CC)C1.I. The molecule has 1 N–H and O–H groups in total. The maximum absolute atomic E-state index is 4.86. The van der Waals surface area contributed by atoms with Gasteiger partial charge in [-0.15, -0.1) is 24.0 Å². The molecule has 1 unspecified atom stereocenters. The van der Waals surface area contributed by atoms with E-state index in [9.17, 15) is 0 Å². The van der Waals surface area contributed by atoms with E-state index in [1.807, 2.05) is 13.1 Å². The minimum absolute atomic E-state index is 0. The number of hydrogen-bond acceptors (Lipinski definition) is 3. The Morgan fingerprint density at radius 2 is 2.08 bits per heavy atom. The molecule has 0 saturated carbocycles. The van der Waals surface area contributed by atoms with Gasteiger partial charge in [0, 0.05) is 44.6 Å². The summed E-state index contributed by atoms with van der Waals surface area (Å²) in [6.07, 6.45) is 4.18. The molecule has 1 atom stereocenters. The van der Waals surface area contributed by atoms with Crippen molar-refractivity contribution >= 4 is 29.9 Å². The average molecular weight is 473 g/mol. The van der Waals surface area contributed by atoms with Crippen LogP contribution >= 0.6 is 24.0 Å². The Balaban J connectivity index is 0.00000338.